The monoisotopic (exact) mass is 311 g/mol. The zero-order chi connectivity index (χ0) is 12.4. The Morgan fingerprint density at radius 3 is 2.88 bits per heavy atom. The van der Waals surface area contributed by atoms with Crippen molar-refractivity contribution in [1.82, 2.24) is 4.98 Å². The average Bonchev–Trinajstić information content (AvgIpc) is 2.63. The fraction of sp³-hybridized carbons (Fsp3) is 0.0909. The van der Waals surface area contributed by atoms with Crippen molar-refractivity contribution in [3.63, 3.8) is 0 Å². The lowest BCUT2D eigenvalue weighted by Crippen LogP contribution is -2.13. The first-order valence-electron chi connectivity index (χ1n) is 4.85. The number of amides is 1. The second kappa shape index (κ2) is 4.85. The number of nitrogens with two attached hydrogens (primary N) is 1. The molecule has 0 radical (unpaired) electrons. The van der Waals surface area contributed by atoms with Gasteiger partial charge in [-0.1, -0.05) is 15.9 Å². The van der Waals surface area contributed by atoms with Crippen LogP contribution in [-0.4, -0.2) is 10.9 Å². The van der Waals surface area contributed by atoms with Crippen molar-refractivity contribution in [2.75, 3.05) is 11.1 Å². The van der Waals surface area contributed by atoms with Gasteiger partial charge in [-0.25, -0.2) is 4.98 Å². The van der Waals surface area contributed by atoms with Crippen molar-refractivity contribution < 1.29 is 4.79 Å². The van der Waals surface area contributed by atoms with Gasteiger partial charge < -0.3 is 5.73 Å². The van der Waals surface area contributed by atoms with E-state index in [1.54, 1.807) is 24.4 Å². The quantitative estimate of drug-likeness (QED) is 0.838. The highest BCUT2D eigenvalue weighted by atomic mass is 79.9. The molecule has 2 aromatic rings. The first-order valence-corrected chi connectivity index (χ1v) is 6.46. The number of aryl methyl sites for hydroxylation is 1. The van der Waals surface area contributed by atoms with Gasteiger partial charge in [0.2, 0.25) is 0 Å². The summed E-state index contributed by atoms with van der Waals surface area (Å²) in [5.74, 6) is -0.246. The maximum Gasteiger partial charge on any atom is 0.259 e. The molecule has 0 saturated carbocycles. The topological polar surface area (TPSA) is 68.0 Å². The molecular formula is C11H10BrN3OS. The molecule has 0 aliphatic carbocycles. The van der Waals surface area contributed by atoms with Crippen LogP contribution in [-0.2, 0) is 0 Å². The van der Waals surface area contributed by atoms with Crippen LogP contribution in [0.4, 0.5) is 10.8 Å². The second-order valence-electron chi connectivity index (χ2n) is 3.46. The van der Waals surface area contributed by atoms with Crippen LogP contribution >= 0.6 is 27.3 Å². The predicted molar refractivity (Wildman–Crippen MR) is 73.4 cm³/mol. The molecule has 0 atom stereocenters. The van der Waals surface area contributed by atoms with Crippen LogP contribution in [0.25, 0.3) is 0 Å². The van der Waals surface area contributed by atoms with Crippen molar-refractivity contribution >= 4 is 44.0 Å². The van der Waals surface area contributed by atoms with Gasteiger partial charge in [-0.05, 0) is 25.1 Å². The van der Waals surface area contributed by atoms with Crippen molar-refractivity contribution in [2.24, 2.45) is 0 Å². The summed E-state index contributed by atoms with van der Waals surface area (Å²) in [6.45, 7) is 1.93. The van der Waals surface area contributed by atoms with Gasteiger partial charge in [0, 0.05) is 21.2 Å². The minimum Gasteiger partial charge on any atom is -0.398 e. The van der Waals surface area contributed by atoms with Crippen LogP contribution in [0.1, 0.15) is 15.2 Å². The molecule has 2 rings (SSSR count). The number of nitrogens with zero attached hydrogens (tertiary/aromatic N) is 1. The third-order valence-electron chi connectivity index (χ3n) is 2.10. The Labute approximate surface area is 111 Å². The first-order chi connectivity index (χ1) is 8.06. The van der Waals surface area contributed by atoms with E-state index in [0.29, 0.717) is 16.4 Å². The molecule has 1 heterocycles. The zero-order valence-electron chi connectivity index (χ0n) is 9.03. The minimum absolute atomic E-state index is 0.246. The number of rotatable bonds is 2. The number of nitrogens with one attached hydrogen (secondary N) is 1. The Hall–Kier alpha value is -1.40. The number of benzene rings is 1. The van der Waals surface area contributed by atoms with Gasteiger partial charge in [0.05, 0.1) is 5.56 Å². The smallest absolute Gasteiger partial charge is 0.259 e. The second-order valence-corrected chi connectivity index (χ2v) is 5.61. The lowest BCUT2D eigenvalue weighted by Gasteiger charge is -2.05. The summed E-state index contributed by atoms with van der Waals surface area (Å²) in [5, 5.41) is 3.29. The summed E-state index contributed by atoms with van der Waals surface area (Å²) in [6, 6.07) is 5.15. The molecule has 1 aromatic carbocycles. The van der Waals surface area contributed by atoms with E-state index in [4.69, 9.17) is 5.73 Å². The first kappa shape index (κ1) is 12.1. The molecule has 0 bridgehead atoms. The third kappa shape index (κ3) is 2.83. The molecule has 1 amide bonds. The summed E-state index contributed by atoms with van der Waals surface area (Å²) in [6.07, 6.45) is 1.71. The Kier molecular flexibility index (Phi) is 3.44. The molecule has 6 heteroatoms. The molecule has 4 nitrogen and oxygen atoms in total. The number of carbonyl (C=O) groups excluding carboxylic acids is 1. The molecule has 0 spiro atoms. The van der Waals surface area contributed by atoms with Crippen molar-refractivity contribution in [3.8, 4) is 0 Å². The molecule has 17 heavy (non-hydrogen) atoms. The molecule has 0 aliphatic rings. The average molecular weight is 312 g/mol. The maximum atomic E-state index is 11.9. The van der Waals surface area contributed by atoms with Crippen molar-refractivity contribution in [2.45, 2.75) is 6.92 Å². The van der Waals surface area contributed by atoms with Gasteiger partial charge in [0.25, 0.3) is 5.91 Å². The molecule has 1 aromatic heterocycles. The fourth-order valence-electron chi connectivity index (χ4n) is 1.32. The number of nitrogen functional groups attached to an aromatic ring is 1. The number of hydrogen-bond donors (Lipinski definition) is 2. The zero-order valence-corrected chi connectivity index (χ0v) is 11.4. The van der Waals surface area contributed by atoms with Gasteiger partial charge in [0.1, 0.15) is 0 Å². The molecule has 3 N–H and O–H groups in total. The van der Waals surface area contributed by atoms with Crippen LogP contribution in [0.5, 0.6) is 0 Å². The highest BCUT2D eigenvalue weighted by molar-refractivity contribution is 9.10. The number of anilines is 2. The van der Waals surface area contributed by atoms with Crippen molar-refractivity contribution in [1.29, 1.82) is 0 Å². The van der Waals surface area contributed by atoms with E-state index < -0.39 is 0 Å². The van der Waals surface area contributed by atoms with Crippen molar-refractivity contribution in [3.05, 3.63) is 39.3 Å². The van der Waals surface area contributed by atoms with E-state index in [0.717, 1.165) is 9.35 Å². The largest absolute Gasteiger partial charge is 0.398 e. The van der Waals surface area contributed by atoms with E-state index >= 15 is 0 Å². The van der Waals surface area contributed by atoms with Crippen LogP contribution in [0.3, 0.4) is 0 Å². The Morgan fingerprint density at radius 2 is 2.29 bits per heavy atom. The number of halogens is 1. The number of carbonyl (C=O) groups is 1. The third-order valence-corrected chi connectivity index (χ3v) is 3.42. The summed E-state index contributed by atoms with van der Waals surface area (Å²) in [5.41, 5.74) is 6.65. The Bertz CT molecular complexity index is 568. The number of aromatic nitrogens is 1. The van der Waals surface area contributed by atoms with E-state index in [-0.39, 0.29) is 5.91 Å². The van der Waals surface area contributed by atoms with Gasteiger partial charge in [-0.15, -0.1) is 11.3 Å². The van der Waals surface area contributed by atoms with Crippen LogP contribution < -0.4 is 11.1 Å². The highest BCUT2D eigenvalue weighted by Crippen LogP contribution is 2.21. The summed E-state index contributed by atoms with van der Waals surface area (Å²) in [4.78, 5) is 17.0. The molecular weight excluding hydrogens is 302 g/mol. The molecule has 0 fully saturated rings. The van der Waals surface area contributed by atoms with Crippen LogP contribution in [0.2, 0.25) is 0 Å². The molecule has 0 unspecified atom stereocenters. The van der Waals surface area contributed by atoms with E-state index in [2.05, 4.69) is 26.2 Å². The molecule has 0 saturated heterocycles. The Balaban J connectivity index is 2.20. The van der Waals surface area contributed by atoms with Gasteiger partial charge in [-0.2, -0.15) is 0 Å². The summed E-state index contributed by atoms with van der Waals surface area (Å²) < 4.78 is 0.844. The SMILES string of the molecule is Cc1cnc(NC(=O)c2ccc(Br)cc2N)s1. The lowest BCUT2D eigenvalue weighted by atomic mass is 10.2. The normalized spacial score (nSPS) is 10.2. The molecule has 0 aliphatic heterocycles. The fourth-order valence-corrected chi connectivity index (χ4v) is 2.36. The van der Waals surface area contributed by atoms with Crippen LogP contribution in [0.15, 0.2) is 28.9 Å². The highest BCUT2D eigenvalue weighted by Gasteiger charge is 2.11. The number of thiazole rings is 1. The summed E-state index contributed by atoms with van der Waals surface area (Å²) in [7, 11) is 0. The van der Waals surface area contributed by atoms with Crippen LogP contribution in [0, 0.1) is 6.92 Å². The Morgan fingerprint density at radius 1 is 1.53 bits per heavy atom. The van der Waals surface area contributed by atoms with E-state index in [9.17, 15) is 4.79 Å². The van der Waals surface area contributed by atoms with E-state index in [1.165, 1.54) is 11.3 Å². The summed E-state index contributed by atoms with van der Waals surface area (Å²) >= 11 is 4.72. The predicted octanol–water partition coefficient (Wildman–Crippen LogP) is 3.05. The van der Waals surface area contributed by atoms with Gasteiger partial charge >= 0.3 is 0 Å². The number of hydrogen-bond acceptors (Lipinski definition) is 4. The standard InChI is InChI=1S/C11H10BrN3OS/c1-6-5-14-11(17-6)15-10(16)8-3-2-7(12)4-9(8)13/h2-5H,13H2,1H3,(H,14,15,16). The lowest BCUT2D eigenvalue weighted by molar-refractivity contribution is 0.102. The maximum absolute atomic E-state index is 11.9. The molecule has 88 valence electrons. The van der Waals surface area contributed by atoms with E-state index in [1.807, 2.05) is 6.92 Å². The minimum atomic E-state index is -0.246. The van der Waals surface area contributed by atoms with Gasteiger partial charge in [0.15, 0.2) is 5.13 Å². The van der Waals surface area contributed by atoms with Gasteiger partial charge in [-0.3, -0.25) is 10.1 Å².